The van der Waals surface area contributed by atoms with Crippen molar-refractivity contribution >= 4 is 21.6 Å². The summed E-state index contributed by atoms with van der Waals surface area (Å²) in [5.74, 6) is -0.580. The van der Waals surface area contributed by atoms with Crippen LogP contribution in [0.15, 0.2) is 47.4 Å². The monoisotopic (exact) mass is 411 g/mol. The maximum atomic E-state index is 13.7. The maximum absolute atomic E-state index is 13.7. The van der Waals surface area contributed by atoms with Gasteiger partial charge in [-0.05, 0) is 61.6 Å². The average Bonchev–Trinajstić information content (AvgIpc) is 2.64. The highest BCUT2D eigenvalue weighted by Gasteiger charge is 2.40. The van der Waals surface area contributed by atoms with Gasteiger partial charge in [-0.3, -0.25) is 0 Å². The van der Waals surface area contributed by atoms with Crippen LogP contribution in [0.2, 0.25) is 5.02 Å². The van der Waals surface area contributed by atoms with Gasteiger partial charge in [0.15, 0.2) is 0 Å². The molecular formula is C20H23ClFNO3S. The zero-order valence-electron chi connectivity index (χ0n) is 15.2. The number of sulfonamides is 1. The van der Waals surface area contributed by atoms with Gasteiger partial charge in [0.25, 0.3) is 0 Å². The number of hydrogen-bond acceptors (Lipinski definition) is 3. The Bertz CT molecular complexity index is 935. The summed E-state index contributed by atoms with van der Waals surface area (Å²) >= 11 is 6.06. The van der Waals surface area contributed by atoms with Gasteiger partial charge in [0.1, 0.15) is 5.82 Å². The van der Waals surface area contributed by atoms with E-state index in [-0.39, 0.29) is 18.0 Å². The highest BCUT2D eigenvalue weighted by Crippen LogP contribution is 2.36. The molecule has 1 heterocycles. The Morgan fingerprint density at radius 1 is 1.26 bits per heavy atom. The molecule has 2 aromatic carbocycles. The second-order valence-corrected chi connectivity index (χ2v) is 9.66. The van der Waals surface area contributed by atoms with E-state index < -0.39 is 21.3 Å². The summed E-state index contributed by atoms with van der Waals surface area (Å²) in [6.07, 6.45) is 1.87. The number of halogens is 2. The quantitative estimate of drug-likeness (QED) is 0.814. The van der Waals surface area contributed by atoms with Crippen LogP contribution in [0.25, 0.3) is 0 Å². The molecule has 1 atom stereocenters. The highest BCUT2D eigenvalue weighted by molar-refractivity contribution is 7.89. The van der Waals surface area contributed by atoms with Crippen LogP contribution < -0.4 is 0 Å². The summed E-state index contributed by atoms with van der Waals surface area (Å²) in [4.78, 5) is -0.0148. The number of aliphatic hydroxyl groups excluding tert-OH is 1. The van der Waals surface area contributed by atoms with E-state index in [1.54, 1.807) is 13.0 Å². The Labute approximate surface area is 164 Å². The van der Waals surface area contributed by atoms with Gasteiger partial charge in [-0.15, -0.1) is 0 Å². The molecule has 0 saturated carbocycles. The predicted molar refractivity (Wildman–Crippen MR) is 104 cm³/mol. The summed E-state index contributed by atoms with van der Waals surface area (Å²) in [5, 5.41) is 10.7. The molecule has 7 heteroatoms. The Balaban J connectivity index is 1.90. The lowest BCUT2D eigenvalue weighted by Crippen LogP contribution is -2.49. The molecule has 0 amide bonds. The van der Waals surface area contributed by atoms with E-state index in [0.29, 0.717) is 36.4 Å². The molecular weight excluding hydrogens is 389 g/mol. The third-order valence-corrected chi connectivity index (χ3v) is 7.42. The number of piperidine rings is 1. The van der Waals surface area contributed by atoms with E-state index in [1.807, 2.05) is 18.2 Å². The SMILES string of the molecule is Cc1ccc(F)cc1S(=O)(=O)N1CCC[C@](CO)(Cc2cccc(Cl)c2)C1. The summed E-state index contributed by atoms with van der Waals surface area (Å²) in [6.45, 7) is 2.07. The van der Waals surface area contributed by atoms with Gasteiger partial charge in [0, 0.05) is 23.5 Å². The van der Waals surface area contributed by atoms with Crippen LogP contribution in [0, 0.1) is 18.2 Å². The highest BCUT2D eigenvalue weighted by atomic mass is 35.5. The van der Waals surface area contributed by atoms with E-state index in [9.17, 15) is 17.9 Å². The molecule has 1 aliphatic heterocycles. The first-order valence-corrected chi connectivity index (χ1v) is 10.7. The molecule has 0 bridgehead atoms. The van der Waals surface area contributed by atoms with Gasteiger partial charge in [0.05, 0.1) is 11.5 Å². The lowest BCUT2D eigenvalue weighted by molar-refractivity contribution is 0.0645. The fourth-order valence-electron chi connectivity index (χ4n) is 3.77. The third kappa shape index (κ3) is 4.35. The standard InChI is InChI=1S/C20H23ClFNO3S/c1-15-6-7-18(22)11-19(15)27(25,26)23-9-3-8-20(13-23,14-24)12-16-4-2-5-17(21)10-16/h2,4-7,10-11,24H,3,8-9,12-14H2,1H3/t20-/m0/s1. The van der Waals surface area contributed by atoms with Crippen molar-refractivity contribution in [2.24, 2.45) is 5.41 Å². The molecule has 1 fully saturated rings. The molecule has 1 N–H and O–H groups in total. The smallest absolute Gasteiger partial charge is 0.243 e. The van der Waals surface area contributed by atoms with Gasteiger partial charge in [-0.25, -0.2) is 12.8 Å². The largest absolute Gasteiger partial charge is 0.396 e. The Kier molecular flexibility index (Phi) is 5.91. The molecule has 2 aromatic rings. The molecule has 0 spiro atoms. The summed E-state index contributed by atoms with van der Waals surface area (Å²) in [6, 6.07) is 11.2. The molecule has 0 radical (unpaired) electrons. The molecule has 1 aliphatic rings. The van der Waals surface area contributed by atoms with Crippen molar-refractivity contribution in [1.29, 1.82) is 0 Å². The van der Waals surface area contributed by atoms with Crippen molar-refractivity contribution in [3.05, 3.63) is 64.4 Å². The second-order valence-electron chi connectivity index (χ2n) is 7.32. The van der Waals surface area contributed by atoms with Crippen LogP contribution in [0.3, 0.4) is 0 Å². The Hall–Kier alpha value is -1.47. The van der Waals surface area contributed by atoms with E-state index in [4.69, 9.17) is 11.6 Å². The van der Waals surface area contributed by atoms with Crippen LogP contribution in [0.5, 0.6) is 0 Å². The summed E-state index contributed by atoms with van der Waals surface area (Å²) in [5.41, 5.74) is 0.876. The number of aryl methyl sites for hydroxylation is 1. The lowest BCUT2D eigenvalue weighted by Gasteiger charge is -2.41. The van der Waals surface area contributed by atoms with Gasteiger partial charge < -0.3 is 5.11 Å². The van der Waals surface area contributed by atoms with Crippen LogP contribution >= 0.6 is 11.6 Å². The first-order valence-electron chi connectivity index (χ1n) is 8.87. The summed E-state index contributed by atoms with van der Waals surface area (Å²) < 4.78 is 41.3. The van der Waals surface area contributed by atoms with Crippen molar-refractivity contribution in [3.8, 4) is 0 Å². The summed E-state index contributed by atoms with van der Waals surface area (Å²) in [7, 11) is -3.84. The van der Waals surface area contributed by atoms with Crippen LogP contribution in [0.1, 0.15) is 24.0 Å². The number of hydrogen-bond donors (Lipinski definition) is 1. The maximum Gasteiger partial charge on any atom is 0.243 e. The van der Waals surface area contributed by atoms with Gasteiger partial charge >= 0.3 is 0 Å². The number of nitrogens with zero attached hydrogens (tertiary/aromatic N) is 1. The molecule has 146 valence electrons. The van der Waals surface area contributed by atoms with Gasteiger partial charge in [-0.1, -0.05) is 29.8 Å². The van der Waals surface area contributed by atoms with Crippen LogP contribution in [-0.4, -0.2) is 37.5 Å². The van der Waals surface area contributed by atoms with Crippen molar-refractivity contribution in [3.63, 3.8) is 0 Å². The van der Waals surface area contributed by atoms with E-state index in [0.717, 1.165) is 11.6 Å². The molecule has 27 heavy (non-hydrogen) atoms. The fraction of sp³-hybridized carbons (Fsp3) is 0.400. The minimum atomic E-state index is -3.84. The molecule has 0 aliphatic carbocycles. The van der Waals surface area contributed by atoms with E-state index in [2.05, 4.69) is 0 Å². The van der Waals surface area contributed by atoms with Crippen LogP contribution in [0.4, 0.5) is 4.39 Å². The van der Waals surface area contributed by atoms with Crippen LogP contribution in [-0.2, 0) is 16.4 Å². The molecule has 0 unspecified atom stereocenters. The minimum Gasteiger partial charge on any atom is -0.396 e. The number of rotatable bonds is 5. The zero-order valence-corrected chi connectivity index (χ0v) is 16.7. The second kappa shape index (κ2) is 7.87. The number of benzene rings is 2. The first kappa shape index (κ1) is 20.3. The molecule has 0 aromatic heterocycles. The molecule has 4 nitrogen and oxygen atoms in total. The van der Waals surface area contributed by atoms with E-state index in [1.165, 1.54) is 16.4 Å². The van der Waals surface area contributed by atoms with Gasteiger partial charge in [0.2, 0.25) is 10.0 Å². The third-order valence-electron chi connectivity index (χ3n) is 5.20. The van der Waals surface area contributed by atoms with Gasteiger partial charge in [-0.2, -0.15) is 4.31 Å². The van der Waals surface area contributed by atoms with Crippen molar-refractivity contribution in [1.82, 2.24) is 4.31 Å². The zero-order chi connectivity index (χ0) is 19.7. The van der Waals surface area contributed by atoms with Crippen molar-refractivity contribution in [2.75, 3.05) is 19.7 Å². The Morgan fingerprint density at radius 2 is 2.04 bits per heavy atom. The first-order chi connectivity index (χ1) is 12.8. The molecule has 3 rings (SSSR count). The minimum absolute atomic E-state index is 0.0148. The Morgan fingerprint density at radius 3 is 2.74 bits per heavy atom. The van der Waals surface area contributed by atoms with Crippen molar-refractivity contribution in [2.45, 2.75) is 31.1 Å². The normalized spacial score (nSPS) is 21.3. The molecule has 1 saturated heterocycles. The predicted octanol–water partition coefficient (Wildman–Crippen LogP) is 3.79. The lowest BCUT2D eigenvalue weighted by atomic mass is 9.76. The topological polar surface area (TPSA) is 57.6 Å². The fourth-order valence-corrected chi connectivity index (χ4v) is 5.81. The van der Waals surface area contributed by atoms with E-state index >= 15 is 0 Å². The number of aliphatic hydroxyl groups is 1. The average molecular weight is 412 g/mol. The van der Waals surface area contributed by atoms with Crippen molar-refractivity contribution < 1.29 is 17.9 Å².